The maximum atomic E-state index is 13.5. The van der Waals surface area contributed by atoms with E-state index in [9.17, 15) is 4.39 Å². The molecular formula is C12H16FIN2. The van der Waals surface area contributed by atoms with Gasteiger partial charge in [-0.2, -0.15) is 0 Å². The summed E-state index contributed by atoms with van der Waals surface area (Å²) in [4.78, 5) is 0. The molecule has 3 N–H and O–H groups in total. The fourth-order valence-corrected chi connectivity index (χ4v) is 2.77. The second kappa shape index (κ2) is 4.39. The number of nitrogens with one attached hydrogen (secondary N) is 1. The SMILES string of the molecule is CC1(Nc2cc(F)c(I)cc2N)CCCC1. The van der Waals surface area contributed by atoms with Crippen LogP contribution in [0.1, 0.15) is 32.6 Å². The van der Waals surface area contributed by atoms with Gasteiger partial charge in [0, 0.05) is 11.6 Å². The van der Waals surface area contributed by atoms with E-state index in [0.717, 1.165) is 18.5 Å². The molecule has 0 bridgehead atoms. The minimum absolute atomic E-state index is 0.0767. The van der Waals surface area contributed by atoms with Gasteiger partial charge in [-0.05, 0) is 48.4 Å². The monoisotopic (exact) mass is 334 g/mol. The van der Waals surface area contributed by atoms with Crippen molar-refractivity contribution in [3.63, 3.8) is 0 Å². The summed E-state index contributed by atoms with van der Waals surface area (Å²) in [5, 5.41) is 3.39. The lowest BCUT2D eigenvalue weighted by Gasteiger charge is -2.27. The van der Waals surface area contributed by atoms with E-state index in [-0.39, 0.29) is 11.4 Å². The summed E-state index contributed by atoms with van der Waals surface area (Å²) in [5.41, 5.74) is 7.32. The van der Waals surface area contributed by atoms with E-state index >= 15 is 0 Å². The van der Waals surface area contributed by atoms with Crippen LogP contribution in [0, 0.1) is 9.39 Å². The van der Waals surface area contributed by atoms with E-state index < -0.39 is 0 Å². The number of nitrogen functional groups attached to an aromatic ring is 1. The van der Waals surface area contributed by atoms with Crippen molar-refractivity contribution in [2.45, 2.75) is 38.1 Å². The molecule has 4 heteroatoms. The van der Waals surface area contributed by atoms with Gasteiger partial charge in [0.1, 0.15) is 5.82 Å². The van der Waals surface area contributed by atoms with Gasteiger partial charge >= 0.3 is 0 Å². The first-order valence-corrected chi connectivity index (χ1v) is 6.61. The largest absolute Gasteiger partial charge is 0.397 e. The molecule has 2 rings (SSSR count). The number of halogens is 2. The van der Waals surface area contributed by atoms with Gasteiger partial charge in [0.25, 0.3) is 0 Å². The fourth-order valence-electron chi connectivity index (χ4n) is 2.28. The molecular weight excluding hydrogens is 318 g/mol. The lowest BCUT2D eigenvalue weighted by Crippen LogP contribution is -2.31. The lowest BCUT2D eigenvalue weighted by molar-refractivity contribution is 0.532. The van der Waals surface area contributed by atoms with E-state index in [1.54, 1.807) is 6.07 Å². The molecule has 1 aromatic rings. The molecule has 0 saturated heterocycles. The average molecular weight is 334 g/mol. The Bertz CT molecular complexity index is 400. The first-order valence-electron chi connectivity index (χ1n) is 5.53. The summed E-state index contributed by atoms with van der Waals surface area (Å²) in [6.07, 6.45) is 4.71. The van der Waals surface area contributed by atoms with Crippen LogP contribution in [0.2, 0.25) is 0 Å². The number of hydrogen-bond acceptors (Lipinski definition) is 2. The minimum atomic E-state index is -0.209. The molecule has 0 spiro atoms. The maximum Gasteiger partial charge on any atom is 0.138 e. The van der Waals surface area contributed by atoms with Crippen molar-refractivity contribution in [3.05, 3.63) is 21.5 Å². The second-order valence-corrected chi connectivity index (χ2v) is 5.91. The van der Waals surface area contributed by atoms with E-state index in [1.165, 1.54) is 18.9 Å². The highest BCUT2D eigenvalue weighted by Gasteiger charge is 2.28. The van der Waals surface area contributed by atoms with E-state index in [2.05, 4.69) is 12.2 Å². The number of nitrogens with two attached hydrogens (primary N) is 1. The van der Waals surface area contributed by atoms with Gasteiger partial charge in [-0.1, -0.05) is 12.8 Å². The normalized spacial score (nSPS) is 18.7. The third-order valence-electron chi connectivity index (χ3n) is 3.24. The van der Waals surface area contributed by atoms with Crippen molar-refractivity contribution < 1.29 is 4.39 Å². The number of benzene rings is 1. The fraction of sp³-hybridized carbons (Fsp3) is 0.500. The van der Waals surface area contributed by atoms with Crippen molar-refractivity contribution in [1.29, 1.82) is 0 Å². The minimum Gasteiger partial charge on any atom is -0.397 e. The van der Waals surface area contributed by atoms with E-state index in [0.29, 0.717) is 9.26 Å². The molecule has 0 aromatic heterocycles. The van der Waals surface area contributed by atoms with Crippen LogP contribution in [0.4, 0.5) is 15.8 Å². The lowest BCUT2D eigenvalue weighted by atomic mass is 10.00. The first kappa shape index (κ1) is 12.0. The molecule has 0 radical (unpaired) electrons. The Labute approximate surface area is 109 Å². The molecule has 1 aliphatic carbocycles. The Balaban J connectivity index is 2.24. The molecule has 1 aliphatic rings. The molecule has 2 nitrogen and oxygen atoms in total. The highest BCUT2D eigenvalue weighted by Crippen LogP contribution is 2.35. The van der Waals surface area contributed by atoms with Gasteiger partial charge in [0.15, 0.2) is 0 Å². The van der Waals surface area contributed by atoms with Gasteiger partial charge in [0.05, 0.1) is 14.9 Å². The molecule has 1 aromatic carbocycles. The Morgan fingerprint density at radius 2 is 2.00 bits per heavy atom. The molecule has 1 saturated carbocycles. The summed E-state index contributed by atoms with van der Waals surface area (Å²) in [7, 11) is 0. The van der Waals surface area contributed by atoms with Crippen molar-refractivity contribution in [1.82, 2.24) is 0 Å². The van der Waals surface area contributed by atoms with Crippen LogP contribution in [0.5, 0.6) is 0 Å². The Kier molecular flexibility index (Phi) is 3.28. The van der Waals surface area contributed by atoms with Crippen LogP contribution in [-0.4, -0.2) is 5.54 Å². The predicted molar refractivity (Wildman–Crippen MR) is 74.0 cm³/mol. The highest BCUT2D eigenvalue weighted by molar-refractivity contribution is 14.1. The average Bonchev–Trinajstić information content (AvgIpc) is 2.62. The van der Waals surface area contributed by atoms with Gasteiger partial charge in [-0.3, -0.25) is 0 Å². The molecule has 0 atom stereocenters. The molecule has 0 unspecified atom stereocenters. The third kappa shape index (κ3) is 2.42. The Morgan fingerprint density at radius 1 is 1.38 bits per heavy atom. The molecule has 0 heterocycles. The van der Waals surface area contributed by atoms with Crippen molar-refractivity contribution >= 4 is 34.0 Å². The van der Waals surface area contributed by atoms with Crippen LogP contribution < -0.4 is 11.1 Å². The van der Waals surface area contributed by atoms with Crippen molar-refractivity contribution in [2.75, 3.05) is 11.1 Å². The van der Waals surface area contributed by atoms with Crippen molar-refractivity contribution in [3.8, 4) is 0 Å². The molecule has 0 amide bonds. The second-order valence-electron chi connectivity index (χ2n) is 4.75. The number of hydrogen-bond donors (Lipinski definition) is 2. The Morgan fingerprint density at radius 3 is 2.62 bits per heavy atom. The zero-order valence-electron chi connectivity index (χ0n) is 9.32. The van der Waals surface area contributed by atoms with Gasteiger partial charge < -0.3 is 11.1 Å². The first-order chi connectivity index (χ1) is 7.50. The molecule has 16 heavy (non-hydrogen) atoms. The zero-order valence-corrected chi connectivity index (χ0v) is 11.5. The highest BCUT2D eigenvalue weighted by atomic mass is 127. The van der Waals surface area contributed by atoms with Gasteiger partial charge in [0.2, 0.25) is 0 Å². The summed E-state index contributed by atoms with van der Waals surface area (Å²) in [6.45, 7) is 2.18. The van der Waals surface area contributed by atoms with E-state index in [1.807, 2.05) is 22.6 Å². The van der Waals surface area contributed by atoms with Gasteiger partial charge in [-0.25, -0.2) is 4.39 Å². The summed E-state index contributed by atoms with van der Waals surface area (Å²) >= 11 is 1.95. The van der Waals surface area contributed by atoms with Gasteiger partial charge in [-0.15, -0.1) is 0 Å². The van der Waals surface area contributed by atoms with Crippen LogP contribution in [0.3, 0.4) is 0 Å². The predicted octanol–water partition coefficient (Wildman–Crippen LogP) is 3.76. The van der Waals surface area contributed by atoms with Crippen LogP contribution in [0.25, 0.3) is 0 Å². The molecule has 1 fully saturated rings. The standard InChI is InChI=1S/C12H16FIN2/c1-12(4-2-3-5-12)16-11-6-8(13)9(14)7-10(11)15/h6-7,16H,2-5,15H2,1H3. The summed E-state index contributed by atoms with van der Waals surface area (Å²) < 4.78 is 14.0. The molecule has 88 valence electrons. The van der Waals surface area contributed by atoms with Crippen LogP contribution in [0.15, 0.2) is 12.1 Å². The van der Waals surface area contributed by atoms with Crippen LogP contribution in [-0.2, 0) is 0 Å². The maximum absolute atomic E-state index is 13.5. The van der Waals surface area contributed by atoms with Crippen molar-refractivity contribution in [2.24, 2.45) is 0 Å². The zero-order chi connectivity index (χ0) is 11.8. The number of anilines is 2. The topological polar surface area (TPSA) is 38.0 Å². The quantitative estimate of drug-likeness (QED) is 0.638. The van der Waals surface area contributed by atoms with E-state index in [4.69, 9.17) is 5.73 Å². The molecule has 0 aliphatic heterocycles. The van der Waals surface area contributed by atoms with Crippen LogP contribution >= 0.6 is 22.6 Å². The smallest absolute Gasteiger partial charge is 0.138 e. The third-order valence-corrected chi connectivity index (χ3v) is 4.06. The number of rotatable bonds is 2. The summed E-state index contributed by atoms with van der Waals surface area (Å²) in [6, 6.07) is 3.18. The summed E-state index contributed by atoms with van der Waals surface area (Å²) in [5.74, 6) is -0.209. The Hall–Kier alpha value is -0.520.